The largest absolute Gasteiger partial charge is 0.345 e. The van der Waals surface area contributed by atoms with Crippen molar-refractivity contribution in [1.29, 1.82) is 0 Å². The molecule has 0 heterocycles. The van der Waals surface area contributed by atoms with Gasteiger partial charge in [0.1, 0.15) is 0 Å². The maximum absolute atomic E-state index is 12.7. The third-order valence-corrected chi connectivity index (χ3v) is 5.41. The van der Waals surface area contributed by atoms with Crippen LogP contribution < -0.4 is 9.62 Å². The Hall–Kier alpha value is -2.34. The third kappa shape index (κ3) is 4.60. The standard InChI is InChI=1S/C19H24N2O3S/c1-5-15-10-12-16(13-11-15)14(2)20-19(22)17-8-6-7-9-18(17)21(3)25(4,23)24/h6-14H,5H2,1-4H3,(H,20,22)/t14-/m0/s1. The molecule has 2 aromatic rings. The summed E-state index contributed by atoms with van der Waals surface area (Å²) in [6.45, 7) is 4.00. The number of hydrogen-bond acceptors (Lipinski definition) is 3. The number of nitrogens with zero attached hydrogens (tertiary/aromatic N) is 1. The van der Waals surface area contributed by atoms with Gasteiger partial charge < -0.3 is 5.32 Å². The van der Waals surface area contributed by atoms with Crippen LogP contribution in [-0.2, 0) is 16.4 Å². The molecule has 0 aliphatic carbocycles. The molecule has 134 valence electrons. The first-order valence-electron chi connectivity index (χ1n) is 8.16. The predicted octanol–water partition coefficient (Wildman–Crippen LogP) is 3.14. The van der Waals surface area contributed by atoms with Gasteiger partial charge in [0.05, 0.1) is 23.5 Å². The number of carbonyl (C=O) groups excluding carboxylic acids is 1. The van der Waals surface area contributed by atoms with Gasteiger partial charge in [-0.1, -0.05) is 43.3 Å². The molecular formula is C19H24N2O3S. The lowest BCUT2D eigenvalue weighted by Gasteiger charge is -2.21. The lowest BCUT2D eigenvalue weighted by Crippen LogP contribution is -2.31. The molecule has 0 radical (unpaired) electrons. The molecule has 2 rings (SSSR count). The second kappa shape index (κ2) is 7.70. The van der Waals surface area contributed by atoms with E-state index in [4.69, 9.17) is 0 Å². The Morgan fingerprint density at radius 1 is 1.12 bits per heavy atom. The van der Waals surface area contributed by atoms with Gasteiger partial charge in [-0.3, -0.25) is 9.10 Å². The molecule has 0 aliphatic rings. The summed E-state index contributed by atoms with van der Waals surface area (Å²) < 4.78 is 24.7. The van der Waals surface area contributed by atoms with Gasteiger partial charge in [0.25, 0.3) is 5.91 Å². The van der Waals surface area contributed by atoms with Crippen LogP contribution >= 0.6 is 0 Å². The summed E-state index contributed by atoms with van der Waals surface area (Å²) in [5.41, 5.74) is 2.92. The van der Waals surface area contributed by atoms with E-state index >= 15 is 0 Å². The van der Waals surface area contributed by atoms with Crippen molar-refractivity contribution in [2.75, 3.05) is 17.6 Å². The third-order valence-electron chi connectivity index (χ3n) is 4.22. The van der Waals surface area contributed by atoms with Crippen LogP contribution in [0.25, 0.3) is 0 Å². The van der Waals surface area contributed by atoms with E-state index in [0.29, 0.717) is 11.3 Å². The van der Waals surface area contributed by atoms with Gasteiger partial charge in [-0.15, -0.1) is 0 Å². The Bertz CT molecular complexity index is 845. The molecule has 0 bridgehead atoms. The van der Waals surface area contributed by atoms with Crippen molar-refractivity contribution in [1.82, 2.24) is 5.32 Å². The van der Waals surface area contributed by atoms with Gasteiger partial charge in [0.15, 0.2) is 0 Å². The van der Waals surface area contributed by atoms with Gasteiger partial charge in [-0.05, 0) is 36.6 Å². The highest BCUT2D eigenvalue weighted by Gasteiger charge is 2.20. The summed E-state index contributed by atoms with van der Waals surface area (Å²) in [6, 6.07) is 14.6. The normalized spacial score (nSPS) is 12.5. The molecule has 0 spiro atoms. The summed E-state index contributed by atoms with van der Waals surface area (Å²) in [7, 11) is -2.01. The average Bonchev–Trinajstić information content (AvgIpc) is 2.60. The van der Waals surface area contributed by atoms with Crippen LogP contribution in [0.1, 0.15) is 41.4 Å². The lowest BCUT2D eigenvalue weighted by atomic mass is 10.0. The summed E-state index contributed by atoms with van der Waals surface area (Å²) in [5, 5.41) is 2.94. The number of hydrogen-bond donors (Lipinski definition) is 1. The first kappa shape index (κ1) is 19.0. The fourth-order valence-corrected chi connectivity index (χ4v) is 3.04. The number of benzene rings is 2. The number of nitrogens with one attached hydrogen (secondary N) is 1. The van der Waals surface area contributed by atoms with E-state index in [1.165, 1.54) is 12.6 Å². The Morgan fingerprint density at radius 2 is 1.72 bits per heavy atom. The zero-order valence-corrected chi connectivity index (χ0v) is 15.8. The van der Waals surface area contributed by atoms with E-state index in [1.807, 2.05) is 31.2 Å². The SMILES string of the molecule is CCc1ccc([C@H](C)NC(=O)c2ccccc2N(C)S(C)(=O)=O)cc1. The molecule has 0 fully saturated rings. The van der Waals surface area contributed by atoms with E-state index in [9.17, 15) is 13.2 Å². The Balaban J connectivity index is 2.23. The molecule has 6 heteroatoms. The van der Waals surface area contributed by atoms with Crippen molar-refractivity contribution in [3.63, 3.8) is 0 Å². The van der Waals surface area contributed by atoms with E-state index < -0.39 is 10.0 Å². The number of sulfonamides is 1. The van der Waals surface area contributed by atoms with E-state index in [1.54, 1.807) is 24.3 Å². The van der Waals surface area contributed by atoms with Crippen LogP contribution in [-0.4, -0.2) is 27.6 Å². The van der Waals surface area contributed by atoms with Crippen LogP contribution in [0.4, 0.5) is 5.69 Å². The molecule has 1 atom stereocenters. The first-order valence-corrected chi connectivity index (χ1v) is 10.0. The van der Waals surface area contributed by atoms with Crippen LogP contribution in [0.15, 0.2) is 48.5 Å². The molecule has 1 amide bonds. The molecular weight excluding hydrogens is 336 g/mol. The number of anilines is 1. The predicted molar refractivity (Wildman–Crippen MR) is 101 cm³/mol. The fourth-order valence-electron chi connectivity index (χ4n) is 2.52. The van der Waals surface area contributed by atoms with Gasteiger partial charge in [0.2, 0.25) is 10.0 Å². The molecule has 25 heavy (non-hydrogen) atoms. The zero-order valence-electron chi connectivity index (χ0n) is 15.0. The molecule has 0 unspecified atom stereocenters. The van der Waals surface area contributed by atoms with Crippen molar-refractivity contribution in [3.8, 4) is 0 Å². The van der Waals surface area contributed by atoms with Crippen LogP contribution in [0.2, 0.25) is 0 Å². The number of rotatable bonds is 6. The van der Waals surface area contributed by atoms with Gasteiger partial charge in [-0.2, -0.15) is 0 Å². The first-order chi connectivity index (χ1) is 11.7. The van der Waals surface area contributed by atoms with Crippen molar-refractivity contribution >= 4 is 21.6 Å². The highest BCUT2D eigenvalue weighted by molar-refractivity contribution is 7.92. The number of aryl methyl sites for hydroxylation is 1. The van der Waals surface area contributed by atoms with Crippen molar-refractivity contribution < 1.29 is 13.2 Å². The van der Waals surface area contributed by atoms with Crippen molar-refractivity contribution in [3.05, 3.63) is 65.2 Å². The number of para-hydroxylation sites is 1. The average molecular weight is 360 g/mol. The highest BCUT2D eigenvalue weighted by Crippen LogP contribution is 2.22. The molecule has 2 aromatic carbocycles. The van der Waals surface area contributed by atoms with Crippen LogP contribution in [0, 0.1) is 0 Å². The highest BCUT2D eigenvalue weighted by atomic mass is 32.2. The zero-order chi connectivity index (χ0) is 18.6. The summed E-state index contributed by atoms with van der Waals surface area (Å²) in [5.74, 6) is -0.307. The summed E-state index contributed by atoms with van der Waals surface area (Å²) in [4.78, 5) is 12.7. The minimum absolute atomic E-state index is 0.185. The maximum atomic E-state index is 12.7. The lowest BCUT2D eigenvalue weighted by molar-refractivity contribution is 0.0940. The van der Waals surface area contributed by atoms with Crippen molar-refractivity contribution in [2.24, 2.45) is 0 Å². The second-order valence-electron chi connectivity index (χ2n) is 6.04. The Morgan fingerprint density at radius 3 is 2.28 bits per heavy atom. The Labute approximate surface area is 149 Å². The van der Waals surface area contributed by atoms with E-state index in [2.05, 4.69) is 12.2 Å². The van der Waals surface area contributed by atoms with Crippen LogP contribution in [0.5, 0.6) is 0 Å². The number of amides is 1. The van der Waals surface area contributed by atoms with Gasteiger partial charge >= 0.3 is 0 Å². The van der Waals surface area contributed by atoms with E-state index in [-0.39, 0.29) is 11.9 Å². The summed E-state index contributed by atoms with van der Waals surface area (Å²) >= 11 is 0. The second-order valence-corrected chi connectivity index (χ2v) is 8.05. The molecule has 5 nitrogen and oxygen atoms in total. The minimum atomic E-state index is -3.45. The summed E-state index contributed by atoms with van der Waals surface area (Å²) in [6.07, 6.45) is 2.08. The molecule has 1 N–H and O–H groups in total. The molecule has 0 saturated heterocycles. The fraction of sp³-hybridized carbons (Fsp3) is 0.316. The topological polar surface area (TPSA) is 66.5 Å². The quantitative estimate of drug-likeness (QED) is 0.861. The molecule has 0 saturated carbocycles. The Kier molecular flexibility index (Phi) is 5.85. The number of carbonyl (C=O) groups is 1. The van der Waals surface area contributed by atoms with Crippen molar-refractivity contribution in [2.45, 2.75) is 26.3 Å². The smallest absolute Gasteiger partial charge is 0.253 e. The molecule has 0 aliphatic heterocycles. The molecule has 0 aromatic heterocycles. The van der Waals surface area contributed by atoms with E-state index in [0.717, 1.165) is 22.5 Å². The minimum Gasteiger partial charge on any atom is -0.345 e. The van der Waals surface area contributed by atoms with Gasteiger partial charge in [0, 0.05) is 7.05 Å². The monoisotopic (exact) mass is 360 g/mol. The van der Waals surface area contributed by atoms with Crippen LogP contribution in [0.3, 0.4) is 0 Å². The van der Waals surface area contributed by atoms with Gasteiger partial charge in [-0.25, -0.2) is 8.42 Å². The maximum Gasteiger partial charge on any atom is 0.253 e.